The Kier molecular flexibility index (Phi) is 6.14. The van der Waals surface area contributed by atoms with E-state index < -0.39 is 9.84 Å². The van der Waals surface area contributed by atoms with Gasteiger partial charge in [0.25, 0.3) is 5.22 Å². The van der Waals surface area contributed by atoms with Gasteiger partial charge in [0.1, 0.15) is 0 Å². The van der Waals surface area contributed by atoms with Crippen molar-refractivity contribution in [3.05, 3.63) is 57.5 Å². The highest BCUT2D eigenvalue weighted by atomic mass is 35.5. The molecule has 10 heteroatoms. The van der Waals surface area contributed by atoms with E-state index in [1.54, 1.807) is 24.3 Å². The molecule has 0 amide bonds. The Hall–Kier alpha value is -1.25. The number of aromatic nitrogens is 2. The molecule has 0 aliphatic rings. The molecule has 26 heavy (non-hydrogen) atoms. The van der Waals surface area contributed by atoms with Gasteiger partial charge in [-0.3, -0.25) is 0 Å². The van der Waals surface area contributed by atoms with Crippen LogP contribution < -0.4 is 0 Å². The van der Waals surface area contributed by atoms with Crippen molar-refractivity contribution in [2.45, 2.75) is 10.1 Å². The van der Waals surface area contributed by atoms with Crippen molar-refractivity contribution in [1.29, 1.82) is 0 Å². The molecule has 1 aromatic heterocycles. The molecule has 0 aliphatic carbocycles. The Labute approximate surface area is 169 Å². The molecule has 2 aromatic carbocycles. The van der Waals surface area contributed by atoms with Crippen LogP contribution in [0.15, 0.2) is 57.0 Å². The van der Waals surface area contributed by atoms with E-state index in [9.17, 15) is 8.42 Å². The Balaban J connectivity index is 1.66. The number of thioether (sulfide) groups is 1. The normalized spacial score (nSPS) is 11.7. The molecule has 0 N–H and O–H groups in total. The van der Waals surface area contributed by atoms with Gasteiger partial charge in [-0.1, -0.05) is 52.6 Å². The quantitative estimate of drug-likeness (QED) is 0.478. The van der Waals surface area contributed by atoms with Gasteiger partial charge in [0.05, 0.1) is 15.7 Å². The summed E-state index contributed by atoms with van der Waals surface area (Å²) in [6.45, 7) is 0. The molecule has 0 unspecified atom stereocenters. The number of halogens is 3. The van der Waals surface area contributed by atoms with Crippen LogP contribution in [-0.4, -0.2) is 30.1 Å². The molecular weight excluding hydrogens is 439 g/mol. The average molecular weight is 450 g/mol. The first-order valence-corrected chi connectivity index (χ1v) is 11.0. The largest absolute Gasteiger partial charge is 0.411 e. The first kappa shape index (κ1) is 19.5. The molecule has 3 rings (SSSR count). The maximum absolute atomic E-state index is 12.4. The summed E-state index contributed by atoms with van der Waals surface area (Å²) in [5, 5.41) is 9.12. The third-order valence-corrected chi connectivity index (χ3v) is 7.02. The fourth-order valence-corrected chi connectivity index (χ4v) is 5.48. The van der Waals surface area contributed by atoms with Crippen molar-refractivity contribution in [1.82, 2.24) is 10.2 Å². The molecule has 0 atom stereocenters. The maximum Gasteiger partial charge on any atom is 0.276 e. The lowest BCUT2D eigenvalue weighted by atomic mass is 10.2. The van der Waals surface area contributed by atoms with E-state index in [0.29, 0.717) is 21.5 Å². The molecule has 0 saturated carbocycles. The maximum atomic E-state index is 12.4. The molecule has 0 fully saturated rings. The van der Waals surface area contributed by atoms with Gasteiger partial charge in [-0.15, -0.1) is 10.2 Å². The van der Waals surface area contributed by atoms with Crippen LogP contribution in [0.3, 0.4) is 0 Å². The third kappa shape index (κ3) is 4.72. The summed E-state index contributed by atoms with van der Waals surface area (Å²) in [5.41, 5.74) is 0.690. The van der Waals surface area contributed by atoms with Crippen molar-refractivity contribution in [2.24, 2.45) is 0 Å². The van der Waals surface area contributed by atoms with Crippen LogP contribution >= 0.6 is 46.6 Å². The van der Waals surface area contributed by atoms with Gasteiger partial charge in [-0.25, -0.2) is 8.42 Å². The number of benzene rings is 2. The van der Waals surface area contributed by atoms with E-state index in [-0.39, 0.29) is 26.6 Å². The first-order chi connectivity index (χ1) is 12.3. The molecule has 0 saturated heterocycles. The molecule has 5 nitrogen and oxygen atoms in total. The highest BCUT2D eigenvalue weighted by Gasteiger charge is 2.19. The van der Waals surface area contributed by atoms with Gasteiger partial charge in [-0.05, 0) is 36.4 Å². The molecule has 0 aliphatic heterocycles. The van der Waals surface area contributed by atoms with Gasteiger partial charge < -0.3 is 4.42 Å². The van der Waals surface area contributed by atoms with Crippen LogP contribution in [0, 0.1) is 0 Å². The summed E-state index contributed by atoms with van der Waals surface area (Å²) in [4.78, 5) is 0.0115. The highest BCUT2D eigenvalue weighted by molar-refractivity contribution is 8.00. The molecule has 3 aromatic rings. The standard InChI is InChI=1S/C16H11Cl3N2O3S2/c17-11-3-1-2-10(8-11)15-20-21-16(24-15)25-6-7-26(22,23)14-9-12(18)4-5-13(14)19/h1-5,8-9H,6-7H2. The van der Waals surface area contributed by atoms with E-state index in [1.165, 1.54) is 18.2 Å². The number of hydrogen-bond donors (Lipinski definition) is 0. The van der Waals surface area contributed by atoms with Crippen molar-refractivity contribution >= 4 is 56.4 Å². The zero-order valence-electron chi connectivity index (χ0n) is 13.0. The third-order valence-electron chi connectivity index (χ3n) is 3.28. The molecule has 0 bridgehead atoms. The second-order valence-corrected chi connectivity index (χ2v) is 9.53. The molecule has 0 spiro atoms. The Bertz CT molecular complexity index is 1040. The average Bonchev–Trinajstić information content (AvgIpc) is 3.06. The van der Waals surface area contributed by atoms with Gasteiger partial charge >= 0.3 is 0 Å². The lowest BCUT2D eigenvalue weighted by Crippen LogP contribution is -2.09. The van der Waals surface area contributed by atoms with Crippen LogP contribution in [0.5, 0.6) is 0 Å². The summed E-state index contributed by atoms with van der Waals surface area (Å²) in [7, 11) is -3.58. The topological polar surface area (TPSA) is 73.1 Å². The molecule has 0 radical (unpaired) electrons. The van der Waals surface area contributed by atoms with E-state index >= 15 is 0 Å². The number of rotatable bonds is 6. The predicted octanol–water partition coefficient (Wildman–Crippen LogP) is 5.26. The van der Waals surface area contributed by atoms with Gasteiger partial charge in [0, 0.05) is 21.4 Å². The second kappa shape index (κ2) is 8.19. The van der Waals surface area contributed by atoms with Crippen molar-refractivity contribution in [3.8, 4) is 11.5 Å². The molecule has 136 valence electrons. The zero-order valence-corrected chi connectivity index (χ0v) is 16.9. The van der Waals surface area contributed by atoms with E-state index in [1.807, 2.05) is 0 Å². The van der Waals surface area contributed by atoms with E-state index in [2.05, 4.69) is 10.2 Å². The Morgan fingerprint density at radius 1 is 1.00 bits per heavy atom. The summed E-state index contributed by atoms with van der Waals surface area (Å²) < 4.78 is 30.4. The van der Waals surface area contributed by atoms with Crippen molar-refractivity contribution in [3.63, 3.8) is 0 Å². The second-order valence-electron chi connectivity index (χ2n) is 5.13. The number of hydrogen-bond acceptors (Lipinski definition) is 6. The molecule has 1 heterocycles. The van der Waals surface area contributed by atoms with Gasteiger partial charge in [0.15, 0.2) is 9.84 Å². The Morgan fingerprint density at radius 2 is 1.77 bits per heavy atom. The van der Waals surface area contributed by atoms with Crippen LogP contribution in [0.1, 0.15) is 0 Å². The zero-order chi connectivity index (χ0) is 18.7. The van der Waals surface area contributed by atoms with Crippen molar-refractivity contribution < 1.29 is 12.8 Å². The van der Waals surface area contributed by atoms with Crippen LogP contribution in [0.25, 0.3) is 11.5 Å². The minimum absolute atomic E-state index is 0.0115. The molecular formula is C16H11Cl3N2O3S2. The minimum Gasteiger partial charge on any atom is -0.411 e. The fraction of sp³-hybridized carbons (Fsp3) is 0.125. The van der Waals surface area contributed by atoms with E-state index in [4.69, 9.17) is 39.2 Å². The van der Waals surface area contributed by atoms with Crippen LogP contribution in [0.4, 0.5) is 0 Å². The minimum atomic E-state index is -3.58. The summed E-state index contributed by atoms with van der Waals surface area (Å²) >= 11 is 18.9. The first-order valence-electron chi connectivity index (χ1n) is 7.25. The SMILES string of the molecule is O=S(=O)(CCSc1nnc(-c2cccc(Cl)c2)o1)c1cc(Cl)ccc1Cl. The van der Waals surface area contributed by atoms with Crippen LogP contribution in [-0.2, 0) is 9.84 Å². The summed E-state index contributed by atoms with van der Waals surface area (Å²) in [6.07, 6.45) is 0. The van der Waals surface area contributed by atoms with E-state index in [0.717, 1.165) is 11.8 Å². The smallest absolute Gasteiger partial charge is 0.276 e. The van der Waals surface area contributed by atoms with Crippen molar-refractivity contribution in [2.75, 3.05) is 11.5 Å². The van der Waals surface area contributed by atoms with Gasteiger partial charge in [0.2, 0.25) is 5.89 Å². The number of sulfone groups is 1. The Morgan fingerprint density at radius 3 is 2.54 bits per heavy atom. The summed E-state index contributed by atoms with van der Waals surface area (Å²) in [5.74, 6) is 0.394. The fourth-order valence-electron chi connectivity index (χ4n) is 2.07. The van der Waals surface area contributed by atoms with Gasteiger partial charge in [-0.2, -0.15) is 0 Å². The summed E-state index contributed by atoms with van der Waals surface area (Å²) in [6, 6.07) is 11.3. The lowest BCUT2D eigenvalue weighted by molar-refractivity contribution is 0.466. The van der Waals surface area contributed by atoms with Crippen LogP contribution in [0.2, 0.25) is 15.1 Å². The predicted molar refractivity (Wildman–Crippen MR) is 104 cm³/mol. The lowest BCUT2D eigenvalue weighted by Gasteiger charge is -2.06. The number of nitrogens with zero attached hydrogens (tertiary/aromatic N) is 2. The highest BCUT2D eigenvalue weighted by Crippen LogP contribution is 2.28. The monoisotopic (exact) mass is 448 g/mol.